The maximum absolute atomic E-state index is 10.4. The van der Waals surface area contributed by atoms with Crippen LogP contribution >= 0.6 is 0 Å². The second-order valence-corrected chi connectivity index (χ2v) is 2.47. The maximum atomic E-state index is 10.4. The van der Waals surface area contributed by atoms with Crippen molar-refractivity contribution in [2.75, 3.05) is 0 Å². The summed E-state index contributed by atoms with van der Waals surface area (Å²) in [6.45, 7) is 0. The Morgan fingerprint density at radius 1 is 1.50 bits per heavy atom. The van der Waals surface area contributed by atoms with Crippen molar-refractivity contribution in [1.29, 1.82) is 0 Å². The highest BCUT2D eigenvalue weighted by molar-refractivity contribution is 5.87. The van der Waals surface area contributed by atoms with E-state index in [9.17, 15) is 4.79 Å². The number of hydrogen-bond acceptors (Lipinski definition) is 4. The zero-order chi connectivity index (χ0) is 9.30. The molecule has 0 spiro atoms. The summed E-state index contributed by atoms with van der Waals surface area (Å²) in [6, 6.07) is 0. The summed E-state index contributed by atoms with van der Waals surface area (Å²) in [5, 5.41) is 35.2. The molecule has 0 aromatic carbocycles. The Bertz CT molecular complexity index is 276. The standard InChI is InChI=1S/C7H8O5/c8-4-1-3(7(11)12)2-5(9)6(4)10/h1,5,8-10H,2H2,(H,11,12). The number of allylic oxidation sites excluding steroid dienone is 1. The van der Waals surface area contributed by atoms with Gasteiger partial charge < -0.3 is 20.4 Å². The van der Waals surface area contributed by atoms with Crippen molar-refractivity contribution in [2.24, 2.45) is 0 Å². The molecule has 1 unspecified atom stereocenters. The molecule has 1 atom stereocenters. The van der Waals surface area contributed by atoms with Gasteiger partial charge >= 0.3 is 5.97 Å². The number of carboxylic acids is 1. The zero-order valence-electron chi connectivity index (χ0n) is 6.06. The van der Waals surface area contributed by atoms with Crippen LogP contribution < -0.4 is 0 Å². The first-order chi connectivity index (χ1) is 5.52. The first kappa shape index (κ1) is 8.61. The lowest BCUT2D eigenvalue weighted by atomic mass is 10.0. The van der Waals surface area contributed by atoms with Gasteiger partial charge in [0.1, 0.15) is 6.10 Å². The average molecular weight is 172 g/mol. The first-order valence-electron chi connectivity index (χ1n) is 3.26. The number of carboxylic acid groups (broad SMARTS) is 1. The molecule has 0 aromatic rings. The number of rotatable bonds is 1. The molecule has 0 bridgehead atoms. The van der Waals surface area contributed by atoms with E-state index in [0.29, 0.717) is 0 Å². The molecule has 1 rings (SSSR count). The molecule has 1 aliphatic carbocycles. The lowest BCUT2D eigenvalue weighted by Crippen LogP contribution is -2.20. The zero-order valence-corrected chi connectivity index (χ0v) is 6.06. The Labute approximate surface area is 67.9 Å². The van der Waals surface area contributed by atoms with Crippen LogP contribution in [0.1, 0.15) is 6.42 Å². The molecule has 0 heterocycles. The van der Waals surface area contributed by atoms with Gasteiger partial charge in [-0.2, -0.15) is 0 Å². The van der Waals surface area contributed by atoms with Crippen LogP contribution in [0.2, 0.25) is 0 Å². The van der Waals surface area contributed by atoms with Gasteiger partial charge in [0.2, 0.25) is 0 Å². The fraction of sp³-hybridized carbons (Fsp3) is 0.286. The molecule has 5 nitrogen and oxygen atoms in total. The summed E-state index contributed by atoms with van der Waals surface area (Å²) in [4.78, 5) is 10.4. The summed E-state index contributed by atoms with van der Waals surface area (Å²) in [6.07, 6.45) is -0.587. The van der Waals surface area contributed by atoms with Gasteiger partial charge in [-0.1, -0.05) is 0 Å². The molecule has 0 aliphatic heterocycles. The monoisotopic (exact) mass is 172 g/mol. The highest BCUT2D eigenvalue weighted by Gasteiger charge is 2.24. The van der Waals surface area contributed by atoms with Crippen LogP contribution in [0, 0.1) is 0 Å². The van der Waals surface area contributed by atoms with E-state index in [1.165, 1.54) is 0 Å². The van der Waals surface area contributed by atoms with E-state index >= 15 is 0 Å². The molecule has 5 heteroatoms. The van der Waals surface area contributed by atoms with Gasteiger partial charge in [-0.05, 0) is 6.08 Å². The van der Waals surface area contributed by atoms with Crippen molar-refractivity contribution in [1.82, 2.24) is 0 Å². The summed E-state index contributed by atoms with van der Waals surface area (Å²) in [7, 11) is 0. The molecule has 0 aromatic heterocycles. The number of hydrogen-bond donors (Lipinski definition) is 4. The quantitative estimate of drug-likeness (QED) is 0.449. The molecule has 12 heavy (non-hydrogen) atoms. The summed E-state index contributed by atoms with van der Waals surface area (Å²) >= 11 is 0. The van der Waals surface area contributed by atoms with Crippen molar-refractivity contribution in [3.63, 3.8) is 0 Å². The number of carbonyl (C=O) groups is 1. The van der Waals surface area contributed by atoms with Crippen LogP contribution in [0.15, 0.2) is 23.2 Å². The van der Waals surface area contributed by atoms with E-state index in [1.54, 1.807) is 0 Å². The lowest BCUT2D eigenvalue weighted by Gasteiger charge is -2.15. The lowest BCUT2D eigenvalue weighted by molar-refractivity contribution is -0.133. The fourth-order valence-corrected chi connectivity index (χ4v) is 0.923. The minimum absolute atomic E-state index is 0.127. The molecule has 0 fully saturated rings. The molecular weight excluding hydrogens is 164 g/mol. The van der Waals surface area contributed by atoms with E-state index < -0.39 is 23.6 Å². The van der Waals surface area contributed by atoms with Crippen molar-refractivity contribution in [3.05, 3.63) is 23.2 Å². The Kier molecular flexibility index (Phi) is 2.05. The first-order valence-corrected chi connectivity index (χ1v) is 3.26. The summed E-state index contributed by atoms with van der Waals surface area (Å²) in [5.41, 5.74) is -0.127. The second-order valence-electron chi connectivity index (χ2n) is 2.47. The van der Waals surface area contributed by atoms with Gasteiger partial charge in [-0.3, -0.25) is 0 Å². The van der Waals surface area contributed by atoms with E-state index in [1.807, 2.05) is 0 Å². The normalized spacial score (nSPS) is 23.8. The van der Waals surface area contributed by atoms with E-state index in [4.69, 9.17) is 20.4 Å². The largest absolute Gasteiger partial charge is 0.506 e. The third-order valence-electron chi connectivity index (χ3n) is 1.58. The van der Waals surface area contributed by atoms with Gasteiger partial charge in [-0.15, -0.1) is 0 Å². The van der Waals surface area contributed by atoms with E-state index in [0.717, 1.165) is 6.08 Å². The van der Waals surface area contributed by atoms with Gasteiger partial charge in [0.05, 0.1) is 0 Å². The second kappa shape index (κ2) is 2.86. The molecular formula is C7H8O5. The number of aliphatic hydroxyl groups excluding tert-OH is 3. The van der Waals surface area contributed by atoms with Crippen LogP contribution in [-0.4, -0.2) is 32.5 Å². The van der Waals surface area contributed by atoms with Gasteiger partial charge in [0, 0.05) is 12.0 Å². The smallest absolute Gasteiger partial charge is 0.331 e. The van der Waals surface area contributed by atoms with Crippen molar-refractivity contribution >= 4 is 5.97 Å². The molecule has 0 radical (unpaired) electrons. The Balaban J connectivity index is 2.98. The van der Waals surface area contributed by atoms with Crippen molar-refractivity contribution < 1.29 is 25.2 Å². The fourth-order valence-electron chi connectivity index (χ4n) is 0.923. The van der Waals surface area contributed by atoms with Crippen molar-refractivity contribution in [3.8, 4) is 0 Å². The van der Waals surface area contributed by atoms with Crippen LogP contribution in [0.5, 0.6) is 0 Å². The van der Waals surface area contributed by atoms with Crippen molar-refractivity contribution in [2.45, 2.75) is 12.5 Å². The topological polar surface area (TPSA) is 98.0 Å². The molecule has 0 saturated carbocycles. The Morgan fingerprint density at radius 3 is 2.50 bits per heavy atom. The van der Waals surface area contributed by atoms with Crippen LogP contribution in [0.3, 0.4) is 0 Å². The van der Waals surface area contributed by atoms with Gasteiger partial charge in [0.25, 0.3) is 0 Å². The Hall–Kier alpha value is -1.49. The molecule has 4 N–H and O–H groups in total. The average Bonchev–Trinajstić information content (AvgIpc) is 1.99. The highest BCUT2D eigenvalue weighted by atomic mass is 16.4. The summed E-state index contributed by atoms with van der Waals surface area (Å²) in [5.74, 6) is -2.39. The molecule has 0 saturated heterocycles. The highest BCUT2D eigenvalue weighted by Crippen LogP contribution is 2.21. The number of aliphatic carboxylic acids is 1. The maximum Gasteiger partial charge on any atom is 0.331 e. The van der Waals surface area contributed by atoms with E-state index in [2.05, 4.69) is 0 Å². The van der Waals surface area contributed by atoms with Crippen LogP contribution in [-0.2, 0) is 4.79 Å². The van der Waals surface area contributed by atoms with E-state index in [-0.39, 0.29) is 12.0 Å². The molecule has 0 amide bonds. The van der Waals surface area contributed by atoms with Crippen LogP contribution in [0.25, 0.3) is 0 Å². The predicted octanol–water partition coefficient (Wildman–Crippen LogP) is 0.0896. The molecule has 1 aliphatic rings. The third kappa shape index (κ3) is 1.40. The number of aliphatic hydroxyl groups is 3. The summed E-state index contributed by atoms with van der Waals surface area (Å²) < 4.78 is 0. The molecule has 66 valence electrons. The van der Waals surface area contributed by atoms with Gasteiger partial charge in [-0.25, -0.2) is 4.79 Å². The SMILES string of the molecule is O=C(O)C1=CC(O)=C(O)C(O)C1. The van der Waals surface area contributed by atoms with Gasteiger partial charge in [0.15, 0.2) is 11.5 Å². The Morgan fingerprint density at radius 2 is 2.08 bits per heavy atom. The van der Waals surface area contributed by atoms with Crippen LogP contribution in [0.4, 0.5) is 0 Å². The predicted molar refractivity (Wildman–Crippen MR) is 38.6 cm³/mol. The third-order valence-corrected chi connectivity index (χ3v) is 1.58. The minimum atomic E-state index is -1.32. The minimum Gasteiger partial charge on any atom is -0.506 e.